The molecule has 2 N–H and O–H groups in total. The molecule has 0 amide bonds. The van der Waals surface area contributed by atoms with E-state index in [4.69, 9.17) is 10.5 Å². The van der Waals surface area contributed by atoms with Crippen LogP contribution in [-0.2, 0) is 16.1 Å². The van der Waals surface area contributed by atoms with E-state index in [0.29, 0.717) is 18.2 Å². The molecule has 0 saturated carbocycles. The highest BCUT2D eigenvalue weighted by molar-refractivity contribution is 5.87. The van der Waals surface area contributed by atoms with Crippen LogP contribution < -0.4 is 5.73 Å². The number of nitrogen functional groups attached to an aromatic ring is 1. The second-order valence-corrected chi connectivity index (χ2v) is 5.12. The molecule has 0 fully saturated rings. The molecule has 0 radical (unpaired) electrons. The van der Waals surface area contributed by atoms with E-state index in [9.17, 15) is 4.79 Å². The largest absolute Gasteiger partial charge is 0.468 e. The Hall–Kier alpha value is -2.21. The molecule has 2 aromatic rings. The summed E-state index contributed by atoms with van der Waals surface area (Å²) in [5.41, 5.74) is 6.78. The first-order valence-corrected chi connectivity index (χ1v) is 6.83. The van der Waals surface area contributed by atoms with Gasteiger partial charge in [0.25, 0.3) is 0 Å². The number of esters is 1. The Morgan fingerprint density at radius 3 is 2.71 bits per heavy atom. The number of hydrogen-bond acceptors (Lipinski definition) is 6. The molecule has 2 rings (SSSR count). The molecule has 0 atom stereocenters. The number of fused-ring (bicyclic) bond motifs is 1. The van der Waals surface area contributed by atoms with Gasteiger partial charge in [-0.15, -0.1) is 0 Å². The molecule has 0 aliphatic carbocycles. The molecule has 1 aromatic carbocycles. The van der Waals surface area contributed by atoms with Crippen molar-refractivity contribution < 1.29 is 9.53 Å². The fraction of sp³-hybridized carbons (Fsp3) is 0.400. The number of carbonyl (C=O) groups excluding carboxylic acids is 1. The first-order valence-electron chi connectivity index (χ1n) is 6.83. The standard InChI is InChI=1S/C15H20N4O2/c1-10(2)19(9-14(20)21-3)8-13-17-12-7-5-4-6-11(12)15(16)18-13/h4-7,10H,8-9H2,1-3H3,(H2,16,17,18). The first kappa shape index (κ1) is 15.2. The molecule has 6 nitrogen and oxygen atoms in total. The van der Waals surface area contributed by atoms with Gasteiger partial charge in [0.15, 0.2) is 0 Å². The summed E-state index contributed by atoms with van der Waals surface area (Å²) in [6.45, 7) is 4.66. The van der Waals surface area contributed by atoms with E-state index in [1.165, 1.54) is 7.11 Å². The fourth-order valence-corrected chi connectivity index (χ4v) is 2.05. The number of carbonyl (C=O) groups is 1. The van der Waals surface area contributed by atoms with Crippen LogP contribution in [0.3, 0.4) is 0 Å². The summed E-state index contributed by atoms with van der Waals surface area (Å²) in [5, 5.41) is 0.838. The average Bonchev–Trinajstić information content (AvgIpc) is 2.46. The highest BCUT2D eigenvalue weighted by atomic mass is 16.5. The van der Waals surface area contributed by atoms with Gasteiger partial charge in [-0.2, -0.15) is 0 Å². The zero-order chi connectivity index (χ0) is 15.4. The van der Waals surface area contributed by atoms with E-state index < -0.39 is 0 Å². The maximum atomic E-state index is 11.5. The number of para-hydroxylation sites is 1. The van der Waals surface area contributed by atoms with E-state index in [1.807, 2.05) is 43.0 Å². The number of methoxy groups -OCH3 is 1. The van der Waals surface area contributed by atoms with Gasteiger partial charge in [0.05, 0.1) is 25.7 Å². The van der Waals surface area contributed by atoms with Gasteiger partial charge in [-0.1, -0.05) is 12.1 Å². The average molecular weight is 288 g/mol. The van der Waals surface area contributed by atoms with Crippen molar-refractivity contribution in [3.05, 3.63) is 30.1 Å². The molecule has 0 saturated heterocycles. The molecular formula is C15H20N4O2. The van der Waals surface area contributed by atoms with E-state index in [0.717, 1.165) is 10.9 Å². The number of rotatable bonds is 5. The molecule has 6 heteroatoms. The minimum atomic E-state index is -0.280. The fourth-order valence-electron chi connectivity index (χ4n) is 2.05. The highest BCUT2D eigenvalue weighted by Gasteiger charge is 2.17. The van der Waals surface area contributed by atoms with Crippen molar-refractivity contribution in [2.24, 2.45) is 0 Å². The molecule has 0 aliphatic heterocycles. The summed E-state index contributed by atoms with van der Waals surface area (Å²) >= 11 is 0. The van der Waals surface area contributed by atoms with Crippen molar-refractivity contribution in [2.45, 2.75) is 26.4 Å². The van der Waals surface area contributed by atoms with Gasteiger partial charge < -0.3 is 10.5 Å². The Bertz CT molecular complexity index is 643. The van der Waals surface area contributed by atoms with Crippen LogP contribution in [-0.4, -0.2) is 40.5 Å². The smallest absolute Gasteiger partial charge is 0.319 e. The second-order valence-electron chi connectivity index (χ2n) is 5.12. The van der Waals surface area contributed by atoms with Crippen molar-refractivity contribution in [1.82, 2.24) is 14.9 Å². The maximum absolute atomic E-state index is 11.5. The lowest BCUT2D eigenvalue weighted by molar-refractivity contribution is -0.142. The monoisotopic (exact) mass is 288 g/mol. The lowest BCUT2D eigenvalue weighted by Crippen LogP contribution is -2.36. The van der Waals surface area contributed by atoms with Crippen molar-refractivity contribution in [3.8, 4) is 0 Å². The Morgan fingerprint density at radius 1 is 1.33 bits per heavy atom. The van der Waals surface area contributed by atoms with Crippen LogP contribution >= 0.6 is 0 Å². The van der Waals surface area contributed by atoms with Crippen LogP contribution in [0.1, 0.15) is 19.7 Å². The molecule has 1 aromatic heterocycles. The lowest BCUT2D eigenvalue weighted by Gasteiger charge is -2.24. The van der Waals surface area contributed by atoms with Gasteiger partial charge in [-0.25, -0.2) is 9.97 Å². The van der Waals surface area contributed by atoms with Gasteiger partial charge >= 0.3 is 5.97 Å². The number of benzene rings is 1. The number of aromatic nitrogens is 2. The molecule has 0 spiro atoms. The van der Waals surface area contributed by atoms with E-state index in [1.54, 1.807) is 0 Å². The summed E-state index contributed by atoms with van der Waals surface area (Å²) in [5.74, 6) is 0.777. The highest BCUT2D eigenvalue weighted by Crippen LogP contribution is 2.18. The van der Waals surface area contributed by atoms with Crippen LogP contribution in [0.15, 0.2) is 24.3 Å². The van der Waals surface area contributed by atoms with Crippen molar-refractivity contribution in [1.29, 1.82) is 0 Å². The van der Waals surface area contributed by atoms with E-state index in [-0.39, 0.29) is 18.6 Å². The van der Waals surface area contributed by atoms with Gasteiger partial charge in [-0.05, 0) is 26.0 Å². The van der Waals surface area contributed by atoms with Gasteiger partial charge in [0.1, 0.15) is 11.6 Å². The van der Waals surface area contributed by atoms with Crippen molar-refractivity contribution in [2.75, 3.05) is 19.4 Å². The third-order valence-electron chi connectivity index (χ3n) is 3.31. The number of nitrogens with zero attached hydrogens (tertiary/aromatic N) is 3. The number of ether oxygens (including phenoxy) is 1. The van der Waals surface area contributed by atoms with Crippen LogP contribution in [0.2, 0.25) is 0 Å². The van der Waals surface area contributed by atoms with E-state index >= 15 is 0 Å². The van der Waals surface area contributed by atoms with Gasteiger partial charge in [0.2, 0.25) is 0 Å². The number of anilines is 1. The van der Waals surface area contributed by atoms with Crippen LogP contribution in [0.4, 0.5) is 5.82 Å². The van der Waals surface area contributed by atoms with Crippen molar-refractivity contribution in [3.63, 3.8) is 0 Å². The third kappa shape index (κ3) is 3.66. The molecule has 1 heterocycles. The molecule has 0 bridgehead atoms. The number of hydrogen-bond donors (Lipinski definition) is 1. The summed E-state index contributed by atoms with van der Waals surface area (Å²) in [6, 6.07) is 7.77. The predicted molar refractivity (Wildman–Crippen MR) is 81.5 cm³/mol. The maximum Gasteiger partial charge on any atom is 0.319 e. The normalized spacial score (nSPS) is 11.3. The van der Waals surface area contributed by atoms with Crippen LogP contribution in [0, 0.1) is 0 Å². The quantitative estimate of drug-likeness (QED) is 0.842. The topological polar surface area (TPSA) is 81.3 Å². The second kappa shape index (κ2) is 6.49. The Morgan fingerprint density at radius 2 is 2.05 bits per heavy atom. The SMILES string of the molecule is COC(=O)CN(Cc1nc(N)c2ccccc2n1)C(C)C. The molecule has 112 valence electrons. The Balaban J connectivity index is 2.26. The van der Waals surface area contributed by atoms with Crippen LogP contribution in [0.5, 0.6) is 0 Å². The van der Waals surface area contributed by atoms with Crippen LogP contribution in [0.25, 0.3) is 10.9 Å². The van der Waals surface area contributed by atoms with Crippen molar-refractivity contribution >= 4 is 22.7 Å². The van der Waals surface area contributed by atoms with Gasteiger partial charge in [0, 0.05) is 11.4 Å². The molecule has 0 aliphatic rings. The number of nitrogens with two attached hydrogens (primary N) is 1. The Labute approximate surface area is 123 Å². The van der Waals surface area contributed by atoms with E-state index in [2.05, 4.69) is 9.97 Å². The first-order chi connectivity index (χ1) is 10.0. The predicted octanol–water partition coefficient (Wildman–Crippen LogP) is 1.60. The zero-order valence-corrected chi connectivity index (χ0v) is 12.5. The summed E-state index contributed by atoms with van der Waals surface area (Å²) in [7, 11) is 1.38. The lowest BCUT2D eigenvalue weighted by atomic mass is 10.2. The minimum absolute atomic E-state index is 0.167. The third-order valence-corrected chi connectivity index (χ3v) is 3.31. The Kier molecular flexibility index (Phi) is 4.70. The molecule has 21 heavy (non-hydrogen) atoms. The summed E-state index contributed by atoms with van der Waals surface area (Å²) < 4.78 is 4.72. The summed E-state index contributed by atoms with van der Waals surface area (Å²) in [6.07, 6.45) is 0. The molecular weight excluding hydrogens is 268 g/mol. The zero-order valence-electron chi connectivity index (χ0n) is 12.5. The minimum Gasteiger partial charge on any atom is -0.468 e. The summed E-state index contributed by atoms with van der Waals surface area (Å²) in [4.78, 5) is 22.2. The van der Waals surface area contributed by atoms with Gasteiger partial charge in [-0.3, -0.25) is 9.69 Å². The molecule has 0 unspecified atom stereocenters.